The van der Waals surface area contributed by atoms with Gasteiger partial charge in [-0.2, -0.15) is 5.26 Å². The Labute approximate surface area is 90.1 Å². The smallest absolute Gasteiger partial charge is 0.122 e. The first-order valence-electron chi connectivity index (χ1n) is 5.49. The number of aromatic nitrogens is 2. The molecule has 80 valence electrons. The number of unbranched alkanes of at least 4 members (excludes halogenated alkanes) is 2. The number of hydrogen-bond acceptors (Lipinski definition) is 3. The second kappa shape index (κ2) is 4.94. The van der Waals surface area contributed by atoms with Crippen molar-refractivity contribution in [2.45, 2.75) is 32.4 Å². The first-order valence-corrected chi connectivity index (χ1v) is 5.49. The fraction of sp³-hybridized carbons (Fsp3) is 0.636. The van der Waals surface area contributed by atoms with Crippen molar-refractivity contribution < 1.29 is 0 Å². The highest BCUT2D eigenvalue weighted by Gasteiger charge is 2.15. The molecule has 0 saturated carbocycles. The zero-order valence-electron chi connectivity index (χ0n) is 8.89. The summed E-state index contributed by atoms with van der Waals surface area (Å²) in [4.78, 5) is 6.74. The van der Waals surface area contributed by atoms with E-state index in [0.717, 1.165) is 39.0 Å². The predicted molar refractivity (Wildman–Crippen MR) is 57.0 cm³/mol. The molecule has 1 aromatic rings. The topological polar surface area (TPSA) is 44.9 Å². The molecule has 15 heavy (non-hydrogen) atoms. The molecule has 0 saturated heterocycles. The molecule has 0 aliphatic carbocycles. The Bertz CT molecular complexity index is 350. The SMILES string of the molecule is N#CCCCCN1CCn2ccnc2C1. The normalized spacial score (nSPS) is 15.9. The van der Waals surface area contributed by atoms with Crippen LogP contribution in [-0.2, 0) is 13.1 Å². The van der Waals surface area contributed by atoms with Crippen molar-refractivity contribution in [3.05, 3.63) is 18.2 Å². The number of fused-ring (bicyclic) bond motifs is 1. The zero-order chi connectivity index (χ0) is 10.5. The van der Waals surface area contributed by atoms with E-state index < -0.39 is 0 Å². The van der Waals surface area contributed by atoms with Gasteiger partial charge in [0.1, 0.15) is 5.82 Å². The maximum atomic E-state index is 8.43. The molecule has 0 spiro atoms. The Morgan fingerprint density at radius 3 is 3.20 bits per heavy atom. The minimum atomic E-state index is 0.683. The van der Waals surface area contributed by atoms with E-state index in [0.29, 0.717) is 6.42 Å². The summed E-state index contributed by atoms with van der Waals surface area (Å²) in [5, 5.41) is 8.43. The van der Waals surface area contributed by atoms with Gasteiger partial charge in [-0.1, -0.05) is 0 Å². The Morgan fingerprint density at radius 2 is 2.33 bits per heavy atom. The summed E-state index contributed by atoms with van der Waals surface area (Å²) in [6, 6.07) is 2.18. The van der Waals surface area contributed by atoms with Gasteiger partial charge in [0, 0.05) is 31.9 Å². The van der Waals surface area contributed by atoms with Crippen LogP contribution in [-0.4, -0.2) is 27.5 Å². The van der Waals surface area contributed by atoms with E-state index in [1.54, 1.807) is 0 Å². The van der Waals surface area contributed by atoms with Crippen LogP contribution in [0.2, 0.25) is 0 Å². The number of nitriles is 1. The van der Waals surface area contributed by atoms with Crippen molar-refractivity contribution in [1.82, 2.24) is 14.5 Å². The molecular formula is C11H16N4. The maximum Gasteiger partial charge on any atom is 0.122 e. The first kappa shape index (κ1) is 10.2. The fourth-order valence-electron chi connectivity index (χ4n) is 1.95. The van der Waals surface area contributed by atoms with Gasteiger partial charge < -0.3 is 4.57 Å². The molecule has 4 nitrogen and oxygen atoms in total. The standard InChI is InChI=1S/C11H16N4/c12-4-2-1-3-6-14-8-9-15-7-5-13-11(15)10-14/h5,7H,1-3,6,8-10H2. The molecule has 0 fully saturated rings. The van der Waals surface area contributed by atoms with Crippen LogP contribution in [0.4, 0.5) is 0 Å². The summed E-state index contributed by atoms with van der Waals surface area (Å²) < 4.78 is 2.21. The molecule has 0 N–H and O–H groups in total. The highest BCUT2D eigenvalue weighted by Crippen LogP contribution is 2.10. The van der Waals surface area contributed by atoms with Crippen LogP contribution in [0.25, 0.3) is 0 Å². The van der Waals surface area contributed by atoms with Crippen molar-refractivity contribution in [1.29, 1.82) is 5.26 Å². The van der Waals surface area contributed by atoms with E-state index in [2.05, 4.69) is 20.5 Å². The van der Waals surface area contributed by atoms with E-state index in [4.69, 9.17) is 5.26 Å². The van der Waals surface area contributed by atoms with Gasteiger partial charge in [0.25, 0.3) is 0 Å². The van der Waals surface area contributed by atoms with E-state index >= 15 is 0 Å². The average Bonchev–Trinajstić information content (AvgIpc) is 2.71. The molecule has 0 radical (unpaired) electrons. The highest BCUT2D eigenvalue weighted by molar-refractivity contribution is 4.95. The lowest BCUT2D eigenvalue weighted by atomic mass is 10.2. The van der Waals surface area contributed by atoms with Gasteiger partial charge in [-0.3, -0.25) is 4.90 Å². The van der Waals surface area contributed by atoms with Crippen LogP contribution in [0.15, 0.2) is 12.4 Å². The lowest BCUT2D eigenvalue weighted by Crippen LogP contribution is -2.34. The molecule has 1 aliphatic rings. The molecule has 0 bridgehead atoms. The highest BCUT2D eigenvalue weighted by atomic mass is 15.2. The summed E-state index contributed by atoms with van der Waals surface area (Å²) >= 11 is 0. The Hall–Kier alpha value is -1.34. The second-order valence-corrected chi connectivity index (χ2v) is 3.93. The largest absolute Gasteiger partial charge is 0.333 e. The Morgan fingerprint density at radius 1 is 1.40 bits per heavy atom. The van der Waals surface area contributed by atoms with E-state index in [9.17, 15) is 0 Å². The van der Waals surface area contributed by atoms with Crippen LogP contribution in [0.1, 0.15) is 25.1 Å². The minimum absolute atomic E-state index is 0.683. The summed E-state index contributed by atoms with van der Waals surface area (Å²) in [7, 11) is 0. The van der Waals surface area contributed by atoms with Gasteiger partial charge in [-0.05, 0) is 19.4 Å². The predicted octanol–water partition coefficient (Wildman–Crippen LogP) is 1.39. The number of rotatable bonds is 4. The van der Waals surface area contributed by atoms with Crippen LogP contribution in [0.3, 0.4) is 0 Å². The number of imidazole rings is 1. The van der Waals surface area contributed by atoms with Gasteiger partial charge >= 0.3 is 0 Å². The quantitative estimate of drug-likeness (QED) is 0.696. The molecule has 0 aromatic carbocycles. The third-order valence-electron chi connectivity index (χ3n) is 2.84. The van der Waals surface area contributed by atoms with Crippen LogP contribution in [0, 0.1) is 11.3 Å². The first-order chi connectivity index (χ1) is 7.40. The van der Waals surface area contributed by atoms with Crippen molar-refractivity contribution >= 4 is 0 Å². The van der Waals surface area contributed by atoms with Crippen molar-refractivity contribution in [3.8, 4) is 6.07 Å². The lowest BCUT2D eigenvalue weighted by molar-refractivity contribution is 0.213. The van der Waals surface area contributed by atoms with Crippen LogP contribution >= 0.6 is 0 Å². The molecule has 0 amide bonds. The monoisotopic (exact) mass is 204 g/mol. The fourth-order valence-corrected chi connectivity index (χ4v) is 1.95. The third-order valence-corrected chi connectivity index (χ3v) is 2.84. The Kier molecular flexibility index (Phi) is 3.36. The van der Waals surface area contributed by atoms with Crippen molar-refractivity contribution in [2.24, 2.45) is 0 Å². The molecule has 4 heteroatoms. The van der Waals surface area contributed by atoms with Gasteiger partial charge in [0.15, 0.2) is 0 Å². The molecule has 1 aromatic heterocycles. The number of nitrogens with zero attached hydrogens (tertiary/aromatic N) is 4. The van der Waals surface area contributed by atoms with E-state index in [1.165, 1.54) is 5.82 Å². The van der Waals surface area contributed by atoms with E-state index in [-0.39, 0.29) is 0 Å². The molecular weight excluding hydrogens is 188 g/mol. The van der Waals surface area contributed by atoms with Gasteiger partial charge in [0.05, 0.1) is 12.6 Å². The molecule has 0 unspecified atom stereocenters. The third kappa shape index (κ3) is 2.57. The molecule has 2 heterocycles. The average molecular weight is 204 g/mol. The van der Waals surface area contributed by atoms with Crippen LogP contribution in [0.5, 0.6) is 0 Å². The van der Waals surface area contributed by atoms with Crippen molar-refractivity contribution in [2.75, 3.05) is 13.1 Å². The lowest BCUT2D eigenvalue weighted by Gasteiger charge is -2.27. The minimum Gasteiger partial charge on any atom is -0.333 e. The summed E-state index contributed by atoms with van der Waals surface area (Å²) in [6.45, 7) is 4.21. The second-order valence-electron chi connectivity index (χ2n) is 3.93. The summed E-state index contributed by atoms with van der Waals surface area (Å²) in [5.41, 5.74) is 0. The van der Waals surface area contributed by atoms with Gasteiger partial charge in [-0.25, -0.2) is 4.98 Å². The van der Waals surface area contributed by atoms with Crippen molar-refractivity contribution in [3.63, 3.8) is 0 Å². The Balaban J connectivity index is 1.76. The molecule has 0 atom stereocenters. The summed E-state index contributed by atoms with van der Waals surface area (Å²) in [6.07, 6.45) is 6.73. The van der Waals surface area contributed by atoms with Gasteiger partial charge in [0.2, 0.25) is 0 Å². The maximum absolute atomic E-state index is 8.43. The van der Waals surface area contributed by atoms with Crippen LogP contribution < -0.4 is 0 Å². The molecule has 1 aliphatic heterocycles. The van der Waals surface area contributed by atoms with Gasteiger partial charge in [-0.15, -0.1) is 0 Å². The zero-order valence-corrected chi connectivity index (χ0v) is 8.89. The van der Waals surface area contributed by atoms with E-state index in [1.807, 2.05) is 12.4 Å². The number of hydrogen-bond donors (Lipinski definition) is 0. The molecule has 2 rings (SSSR count). The summed E-state index contributed by atoms with van der Waals surface area (Å²) in [5.74, 6) is 1.17.